The van der Waals surface area contributed by atoms with E-state index in [9.17, 15) is 9.18 Å². The lowest BCUT2D eigenvalue weighted by molar-refractivity contribution is 0.550. The van der Waals surface area contributed by atoms with Crippen molar-refractivity contribution in [3.05, 3.63) is 33.5 Å². The highest BCUT2D eigenvalue weighted by atomic mass is 79.9. The SMILES string of the molecule is CC(C)(C)c1cc(F)c([C]=O)cc1Br. The quantitative estimate of drug-likeness (QED) is 0.755. The van der Waals surface area contributed by atoms with Crippen LogP contribution in [0.3, 0.4) is 0 Å². The van der Waals surface area contributed by atoms with Crippen LogP contribution in [0.2, 0.25) is 0 Å². The Labute approximate surface area is 91.5 Å². The lowest BCUT2D eigenvalue weighted by Crippen LogP contribution is -2.13. The number of rotatable bonds is 1. The molecule has 0 saturated carbocycles. The summed E-state index contributed by atoms with van der Waals surface area (Å²) >= 11 is 3.31. The molecule has 0 aliphatic heterocycles. The van der Waals surface area contributed by atoms with Gasteiger partial charge in [-0.05, 0) is 23.1 Å². The van der Waals surface area contributed by atoms with Crippen LogP contribution in [-0.2, 0) is 10.2 Å². The lowest BCUT2D eigenvalue weighted by atomic mass is 9.86. The summed E-state index contributed by atoms with van der Waals surface area (Å²) in [7, 11) is 0. The fraction of sp³-hybridized carbons (Fsp3) is 0.364. The molecule has 1 aromatic rings. The number of halogens is 2. The Kier molecular flexibility index (Phi) is 3.10. The molecule has 1 aromatic carbocycles. The van der Waals surface area contributed by atoms with E-state index >= 15 is 0 Å². The van der Waals surface area contributed by atoms with Gasteiger partial charge in [0.2, 0.25) is 6.29 Å². The molecule has 0 aromatic heterocycles. The molecule has 0 aliphatic rings. The van der Waals surface area contributed by atoms with E-state index in [1.54, 1.807) is 6.29 Å². The van der Waals surface area contributed by atoms with Crippen LogP contribution in [0, 0.1) is 5.82 Å². The van der Waals surface area contributed by atoms with Crippen molar-refractivity contribution in [3.8, 4) is 0 Å². The zero-order valence-corrected chi connectivity index (χ0v) is 9.90. The summed E-state index contributed by atoms with van der Waals surface area (Å²) in [6.45, 7) is 5.95. The maximum atomic E-state index is 13.3. The van der Waals surface area contributed by atoms with Gasteiger partial charge in [-0.2, -0.15) is 0 Å². The monoisotopic (exact) mass is 257 g/mol. The Bertz CT molecular complexity index is 366. The third-order valence-corrected chi connectivity index (χ3v) is 2.63. The van der Waals surface area contributed by atoms with Gasteiger partial charge in [0.25, 0.3) is 0 Å². The van der Waals surface area contributed by atoms with Gasteiger partial charge in [-0.15, -0.1) is 0 Å². The summed E-state index contributed by atoms with van der Waals surface area (Å²) in [5.41, 5.74) is 0.653. The lowest BCUT2D eigenvalue weighted by Gasteiger charge is -2.21. The first kappa shape index (κ1) is 11.4. The molecule has 0 aliphatic carbocycles. The van der Waals surface area contributed by atoms with Gasteiger partial charge < -0.3 is 0 Å². The fourth-order valence-corrected chi connectivity index (χ4v) is 2.14. The van der Waals surface area contributed by atoms with E-state index in [0.29, 0.717) is 0 Å². The number of carbonyl (C=O) groups excluding carboxylic acids is 1. The van der Waals surface area contributed by atoms with Gasteiger partial charge in [-0.1, -0.05) is 36.7 Å². The predicted octanol–water partition coefficient (Wildman–Crippen LogP) is 3.34. The molecule has 3 heteroatoms. The molecule has 1 radical (unpaired) electrons. The average molecular weight is 258 g/mol. The minimum Gasteiger partial charge on any atom is -0.285 e. The Balaban J connectivity index is 3.36. The minimum absolute atomic E-state index is 0.0372. The van der Waals surface area contributed by atoms with Crippen LogP contribution in [0.5, 0.6) is 0 Å². The third kappa shape index (κ3) is 2.21. The number of hydrogen-bond donors (Lipinski definition) is 0. The fourth-order valence-electron chi connectivity index (χ4n) is 1.20. The zero-order valence-electron chi connectivity index (χ0n) is 8.32. The average Bonchev–Trinajstić information content (AvgIpc) is 2.06. The second kappa shape index (κ2) is 3.81. The first-order chi connectivity index (χ1) is 6.36. The summed E-state index contributed by atoms with van der Waals surface area (Å²) in [5, 5.41) is 0. The first-order valence-electron chi connectivity index (χ1n) is 4.24. The van der Waals surface area contributed by atoms with E-state index in [0.717, 1.165) is 10.0 Å². The molecular formula is C11H11BrFO. The number of hydrogen-bond acceptors (Lipinski definition) is 1. The summed E-state index contributed by atoms with van der Waals surface area (Å²) in [6, 6.07) is 2.84. The second-order valence-electron chi connectivity index (χ2n) is 4.16. The molecule has 0 bridgehead atoms. The molecular weight excluding hydrogens is 247 g/mol. The van der Waals surface area contributed by atoms with Crippen molar-refractivity contribution in [2.75, 3.05) is 0 Å². The predicted molar refractivity (Wildman–Crippen MR) is 57.6 cm³/mol. The second-order valence-corrected chi connectivity index (χ2v) is 5.02. The molecule has 0 heterocycles. The molecule has 14 heavy (non-hydrogen) atoms. The molecule has 0 saturated heterocycles. The molecule has 75 valence electrons. The van der Waals surface area contributed by atoms with Gasteiger partial charge in [0, 0.05) is 4.47 Å². The zero-order chi connectivity index (χ0) is 10.9. The normalized spacial score (nSPS) is 11.5. The highest BCUT2D eigenvalue weighted by Gasteiger charge is 2.19. The van der Waals surface area contributed by atoms with Crippen molar-refractivity contribution < 1.29 is 9.18 Å². The van der Waals surface area contributed by atoms with Gasteiger partial charge in [-0.3, -0.25) is 4.79 Å². The smallest absolute Gasteiger partial charge is 0.236 e. The van der Waals surface area contributed by atoms with Crippen LogP contribution < -0.4 is 0 Å². The molecule has 0 atom stereocenters. The van der Waals surface area contributed by atoms with Gasteiger partial charge in [0.15, 0.2) is 0 Å². The molecule has 0 amide bonds. The standard InChI is InChI=1S/C11H11BrFO/c1-11(2,3)8-5-10(13)7(6-14)4-9(8)12/h4-5H,1-3H3. The third-order valence-electron chi connectivity index (χ3n) is 1.97. The van der Waals surface area contributed by atoms with Crippen molar-refractivity contribution in [1.82, 2.24) is 0 Å². The highest BCUT2D eigenvalue weighted by molar-refractivity contribution is 9.10. The Hall–Kier alpha value is -0.700. The Morgan fingerprint density at radius 3 is 2.36 bits per heavy atom. The molecule has 0 spiro atoms. The van der Waals surface area contributed by atoms with Crippen LogP contribution in [0.4, 0.5) is 4.39 Å². The van der Waals surface area contributed by atoms with E-state index < -0.39 is 5.82 Å². The number of benzene rings is 1. The van der Waals surface area contributed by atoms with Crippen molar-refractivity contribution in [1.29, 1.82) is 0 Å². The molecule has 0 N–H and O–H groups in total. The van der Waals surface area contributed by atoms with Gasteiger partial charge in [0.1, 0.15) is 5.82 Å². The van der Waals surface area contributed by atoms with E-state index in [1.165, 1.54) is 12.1 Å². The van der Waals surface area contributed by atoms with Gasteiger partial charge >= 0.3 is 0 Å². The van der Waals surface area contributed by atoms with Crippen LogP contribution in [0.25, 0.3) is 0 Å². The summed E-state index contributed by atoms with van der Waals surface area (Å²) in [4.78, 5) is 10.4. The summed E-state index contributed by atoms with van der Waals surface area (Å²) < 4.78 is 14.0. The molecule has 1 rings (SSSR count). The van der Waals surface area contributed by atoms with E-state index in [1.807, 2.05) is 20.8 Å². The summed E-state index contributed by atoms with van der Waals surface area (Å²) in [6.07, 6.45) is 1.56. The molecule has 1 nitrogen and oxygen atoms in total. The van der Waals surface area contributed by atoms with E-state index in [-0.39, 0.29) is 11.0 Å². The van der Waals surface area contributed by atoms with Gasteiger partial charge in [0.05, 0.1) is 5.56 Å². The Morgan fingerprint density at radius 2 is 1.93 bits per heavy atom. The molecule has 0 fully saturated rings. The van der Waals surface area contributed by atoms with Crippen LogP contribution in [0.15, 0.2) is 16.6 Å². The first-order valence-corrected chi connectivity index (χ1v) is 5.03. The Morgan fingerprint density at radius 1 is 1.36 bits per heavy atom. The summed E-state index contributed by atoms with van der Waals surface area (Å²) in [5.74, 6) is -0.520. The molecule has 0 unspecified atom stereocenters. The topological polar surface area (TPSA) is 17.1 Å². The van der Waals surface area contributed by atoms with E-state index in [2.05, 4.69) is 15.9 Å². The van der Waals surface area contributed by atoms with Crippen molar-refractivity contribution >= 4 is 22.2 Å². The van der Waals surface area contributed by atoms with Crippen LogP contribution in [-0.4, -0.2) is 6.29 Å². The van der Waals surface area contributed by atoms with Gasteiger partial charge in [-0.25, -0.2) is 4.39 Å². The van der Waals surface area contributed by atoms with Crippen LogP contribution >= 0.6 is 15.9 Å². The van der Waals surface area contributed by atoms with Crippen molar-refractivity contribution in [3.63, 3.8) is 0 Å². The highest BCUT2D eigenvalue weighted by Crippen LogP contribution is 2.31. The van der Waals surface area contributed by atoms with E-state index in [4.69, 9.17) is 0 Å². The maximum absolute atomic E-state index is 13.3. The maximum Gasteiger partial charge on any atom is 0.236 e. The van der Waals surface area contributed by atoms with Crippen molar-refractivity contribution in [2.24, 2.45) is 0 Å². The minimum atomic E-state index is -0.520. The largest absolute Gasteiger partial charge is 0.285 e. The van der Waals surface area contributed by atoms with Crippen LogP contribution in [0.1, 0.15) is 31.9 Å². The van der Waals surface area contributed by atoms with Crippen molar-refractivity contribution in [2.45, 2.75) is 26.2 Å².